The Morgan fingerprint density at radius 2 is 1.95 bits per heavy atom. The minimum Gasteiger partial charge on any atom is -0.335 e. The van der Waals surface area contributed by atoms with Crippen LogP contribution < -0.4 is 0 Å². The van der Waals surface area contributed by atoms with Crippen molar-refractivity contribution in [1.29, 1.82) is 0 Å². The Hall–Kier alpha value is -0.830. The molecule has 2 rings (SSSR count). The fourth-order valence-electron chi connectivity index (χ4n) is 2.41. The molecule has 2 nitrogen and oxygen atoms in total. The van der Waals surface area contributed by atoms with Gasteiger partial charge in [0.05, 0.1) is 0 Å². The van der Waals surface area contributed by atoms with Crippen molar-refractivity contribution in [3.63, 3.8) is 0 Å². The molecule has 104 valence electrons. The molecule has 1 aliphatic rings. The van der Waals surface area contributed by atoms with E-state index in [1.54, 1.807) is 0 Å². The van der Waals surface area contributed by atoms with E-state index in [0.29, 0.717) is 6.04 Å². The van der Waals surface area contributed by atoms with E-state index in [1.807, 2.05) is 23.1 Å². The van der Waals surface area contributed by atoms with E-state index < -0.39 is 0 Å². The largest absolute Gasteiger partial charge is 0.335 e. The summed E-state index contributed by atoms with van der Waals surface area (Å²) in [4.78, 5) is 14.8. The third kappa shape index (κ3) is 3.38. The van der Waals surface area contributed by atoms with E-state index in [0.717, 1.165) is 35.8 Å². The molecule has 0 atom stereocenters. The first kappa shape index (κ1) is 14.6. The molecule has 1 amide bonds. The highest BCUT2D eigenvalue weighted by Gasteiger charge is 2.34. The van der Waals surface area contributed by atoms with Crippen molar-refractivity contribution in [3.8, 4) is 0 Å². The summed E-state index contributed by atoms with van der Waals surface area (Å²) in [6.45, 7) is 7.27. The molecule has 0 radical (unpaired) electrons. The fraction of sp³-hybridized carbons (Fsp3) is 0.562. The third-order valence-electron chi connectivity index (χ3n) is 3.54. The van der Waals surface area contributed by atoms with Crippen molar-refractivity contribution in [2.45, 2.75) is 45.1 Å². The van der Waals surface area contributed by atoms with Crippen molar-refractivity contribution in [2.75, 3.05) is 11.9 Å². The molecule has 0 aliphatic heterocycles. The van der Waals surface area contributed by atoms with Crippen LogP contribution in [0.1, 0.15) is 49.5 Å². The average molecular weight is 324 g/mol. The highest BCUT2D eigenvalue weighted by Crippen LogP contribution is 2.31. The molecule has 1 saturated carbocycles. The number of benzene rings is 1. The predicted octanol–water partition coefficient (Wildman–Crippen LogP) is 3.98. The summed E-state index contributed by atoms with van der Waals surface area (Å²) in [7, 11) is 0. The van der Waals surface area contributed by atoms with Gasteiger partial charge in [-0.05, 0) is 29.9 Å². The molecule has 0 aromatic heterocycles. The monoisotopic (exact) mass is 323 g/mol. The van der Waals surface area contributed by atoms with E-state index in [9.17, 15) is 4.79 Å². The van der Waals surface area contributed by atoms with Gasteiger partial charge in [-0.3, -0.25) is 4.79 Å². The van der Waals surface area contributed by atoms with Crippen LogP contribution in [0.15, 0.2) is 24.3 Å². The maximum Gasteiger partial charge on any atom is 0.254 e. The lowest BCUT2D eigenvalue weighted by molar-refractivity contribution is 0.0752. The lowest BCUT2D eigenvalue weighted by Gasteiger charge is -2.27. The van der Waals surface area contributed by atoms with Gasteiger partial charge in [0.2, 0.25) is 0 Å². The SMILES string of the molecule is CC(C)(C)c1ccccc1C(=O)N(CCBr)C1CC1. The Bertz CT molecular complexity index is 460. The Balaban J connectivity index is 2.32. The zero-order chi connectivity index (χ0) is 14.0. The Morgan fingerprint density at radius 1 is 1.32 bits per heavy atom. The first-order valence-corrected chi connectivity index (χ1v) is 8.03. The van der Waals surface area contributed by atoms with Crippen LogP contribution in [0.3, 0.4) is 0 Å². The number of amides is 1. The first-order valence-electron chi connectivity index (χ1n) is 6.91. The van der Waals surface area contributed by atoms with Crippen LogP contribution in [0, 0.1) is 0 Å². The zero-order valence-electron chi connectivity index (χ0n) is 11.9. The Morgan fingerprint density at radius 3 is 2.47 bits per heavy atom. The minimum absolute atomic E-state index is 0.00409. The summed E-state index contributed by atoms with van der Waals surface area (Å²) < 4.78 is 0. The predicted molar refractivity (Wildman–Crippen MR) is 83.0 cm³/mol. The van der Waals surface area contributed by atoms with E-state index in [4.69, 9.17) is 0 Å². The number of hydrogen-bond donors (Lipinski definition) is 0. The molecule has 1 aliphatic carbocycles. The van der Waals surface area contributed by atoms with Gasteiger partial charge >= 0.3 is 0 Å². The van der Waals surface area contributed by atoms with Crippen molar-refractivity contribution in [2.24, 2.45) is 0 Å². The molecule has 3 heteroatoms. The summed E-state index contributed by atoms with van der Waals surface area (Å²) in [6.07, 6.45) is 2.30. The van der Waals surface area contributed by atoms with E-state index >= 15 is 0 Å². The van der Waals surface area contributed by atoms with Crippen LogP contribution in [0.2, 0.25) is 0 Å². The van der Waals surface area contributed by atoms with Crippen molar-refractivity contribution >= 4 is 21.8 Å². The summed E-state index contributed by atoms with van der Waals surface area (Å²) in [5.74, 6) is 0.187. The number of carbonyl (C=O) groups is 1. The van der Waals surface area contributed by atoms with Gasteiger partial charge in [-0.1, -0.05) is 54.9 Å². The van der Waals surface area contributed by atoms with Crippen molar-refractivity contribution in [3.05, 3.63) is 35.4 Å². The van der Waals surface area contributed by atoms with Gasteiger partial charge in [-0.25, -0.2) is 0 Å². The lowest BCUT2D eigenvalue weighted by atomic mass is 9.83. The second kappa shape index (κ2) is 5.66. The van der Waals surface area contributed by atoms with Crippen LogP contribution in [0.4, 0.5) is 0 Å². The first-order chi connectivity index (χ1) is 8.95. The summed E-state index contributed by atoms with van der Waals surface area (Å²) >= 11 is 3.45. The maximum atomic E-state index is 12.8. The van der Waals surface area contributed by atoms with Crippen molar-refractivity contribution in [1.82, 2.24) is 4.90 Å². The van der Waals surface area contributed by atoms with Gasteiger partial charge in [0.15, 0.2) is 0 Å². The molecule has 1 fully saturated rings. The van der Waals surface area contributed by atoms with Gasteiger partial charge in [-0.15, -0.1) is 0 Å². The summed E-state index contributed by atoms with van der Waals surface area (Å²) in [5, 5.41) is 0.840. The normalized spacial score (nSPS) is 15.4. The van der Waals surface area contributed by atoms with Crippen LogP contribution in [0.25, 0.3) is 0 Å². The molecule has 1 aromatic rings. The molecule has 19 heavy (non-hydrogen) atoms. The molecule has 1 aromatic carbocycles. The Kier molecular flexibility index (Phi) is 4.34. The highest BCUT2D eigenvalue weighted by molar-refractivity contribution is 9.09. The molecule has 0 saturated heterocycles. The topological polar surface area (TPSA) is 20.3 Å². The maximum absolute atomic E-state index is 12.8. The van der Waals surface area contributed by atoms with Crippen LogP contribution in [-0.4, -0.2) is 28.7 Å². The molecular formula is C16H22BrNO. The molecule has 0 N–H and O–H groups in total. The number of carbonyl (C=O) groups excluding carboxylic acids is 1. The van der Waals surface area contributed by atoms with Gasteiger partial charge in [0.25, 0.3) is 5.91 Å². The smallest absolute Gasteiger partial charge is 0.254 e. The standard InChI is InChI=1S/C16H22BrNO/c1-16(2,3)14-7-5-4-6-13(14)15(19)18(11-10-17)12-8-9-12/h4-7,12H,8-11H2,1-3H3. The molecule has 0 bridgehead atoms. The fourth-order valence-corrected chi connectivity index (χ4v) is 2.79. The summed E-state index contributed by atoms with van der Waals surface area (Å²) in [5.41, 5.74) is 2.00. The van der Waals surface area contributed by atoms with E-state index in [2.05, 4.69) is 42.8 Å². The number of hydrogen-bond acceptors (Lipinski definition) is 1. The number of alkyl halides is 1. The lowest BCUT2D eigenvalue weighted by Crippen LogP contribution is -2.36. The van der Waals surface area contributed by atoms with Gasteiger partial charge in [0, 0.05) is 23.5 Å². The molecule has 0 spiro atoms. The van der Waals surface area contributed by atoms with E-state index in [1.165, 1.54) is 0 Å². The Labute approximate surface area is 124 Å². The number of halogens is 1. The van der Waals surface area contributed by atoms with Crippen LogP contribution in [0.5, 0.6) is 0 Å². The van der Waals surface area contributed by atoms with Gasteiger partial charge < -0.3 is 4.90 Å². The number of rotatable bonds is 4. The van der Waals surface area contributed by atoms with Crippen LogP contribution in [-0.2, 0) is 5.41 Å². The van der Waals surface area contributed by atoms with Gasteiger partial charge in [-0.2, -0.15) is 0 Å². The van der Waals surface area contributed by atoms with E-state index in [-0.39, 0.29) is 11.3 Å². The van der Waals surface area contributed by atoms with Gasteiger partial charge in [0.1, 0.15) is 0 Å². The third-order valence-corrected chi connectivity index (χ3v) is 3.89. The second-order valence-electron chi connectivity index (χ2n) is 6.21. The number of nitrogens with zero attached hydrogens (tertiary/aromatic N) is 1. The van der Waals surface area contributed by atoms with Crippen LogP contribution >= 0.6 is 15.9 Å². The molecular weight excluding hydrogens is 302 g/mol. The van der Waals surface area contributed by atoms with Crippen molar-refractivity contribution < 1.29 is 4.79 Å². The average Bonchev–Trinajstić information content (AvgIpc) is 3.18. The molecule has 0 heterocycles. The molecule has 0 unspecified atom stereocenters. The minimum atomic E-state index is -0.00409. The highest BCUT2D eigenvalue weighted by atomic mass is 79.9. The second-order valence-corrected chi connectivity index (χ2v) is 7.01. The summed E-state index contributed by atoms with van der Waals surface area (Å²) in [6, 6.07) is 8.47. The quantitative estimate of drug-likeness (QED) is 0.767. The zero-order valence-corrected chi connectivity index (χ0v) is 13.5.